The fraction of sp³-hybridized carbons (Fsp3) is 0.682. The van der Waals surface area contributed by atoms with E-state index in [4.69, 9.17) is 0 Å². The second-order valence-corrected chi connectivity index (χ2v) is 10.9. The van der Waals surface area contributed by atoms with Gasteiger partial charge in [0.25, 0.3) is 0 Å². The van der Waals surface area contributed by atoms with E-state index < -0.39 is 10.0 Å². The van der Waals surface area contributed by atoms with Crippen LogP contribution in [0, 0.1) is 18.8 Å². The number of piperidine rings is 1. The van der Waals surface area contributed by atoms with Crippen molar-refractivity contribution in [2.45, 2.75) is 43.9 Å². The SMILES string of the molecule is Cc1ccc(S(=O)(=O)N2CCN(C(=O)CN3CC[C@@H]4CCCC[C@@H]4C3)CC2)cc1. The van der Waals surface area contributed by atoms with Gasteiger partial charge in [-0.25, -0.2) is 8.42 Å². The number of carbonyl (C=O) groups excluding carboxylic acids is 1. The molecule has 160 valence electrons. The first-order chi connectivity index (χ1) is 13.9. The molecule has 29 heavy (non-hydrogen) atoms. The van der Waals surface area contributed by atoms with Gasteiger partial charge in [0.05, 0.1) is 11.4 Å². The highest BCUT2D eigenvalue weighted by Crippen LogP contribution is 2.36. The summed E-state index contributed by atoms with van der Waals surface area (Å²) in [5.41, 5.74) is 1.04. The summed E-state index contributed by atoms with van der Waals surface area (Å²) in [6.07, 6.45) is 6.60. The lowest BCUT2D eigenvalue weighted by Gasteiger charge is -2.42. The monoisotopic (exact) mass is 419 g/mol. The normalized spacial score (nSPS) is 26.9. The predicted molar refractivity (Wildman–Crippen MR) is 113 cm³/mol. The average Bonchev–Trinajstić information content (AvgIpc) is 2.74. The topological polar surface area (TPSA) is 60.9 Å². The van der Waals surface area contributed by atoms with Gasteiger partial charge in [0.2, 0.25) is 15.9 Å². The molecule has 2 atom stereocenters. The molecule has 4 rings (SSSR count). The zero-order valence-corrected chi connectivity index (χ0v) is 18.2. The molecule has 2 heterocycles. The van der Waals surface area contributed by atoms with Crippen LogP contribution in [-0.4, -0.2) is 74.2 Å². The van der Waals surface area contributed by atoms with E-state index in [0.717, 1.165) is 30.5 Å². The average molecular weight is 420 g/mol. The number of nitrogens with zero attached hydrogens (tertiary/aromatic N) is 3. The third kappa shape index (κ3) is 4.67. The summed E-state index contributed by atoms with van der Waals surface area (Å²) >= 11 is 0. The molecule has 0 spiro atoms. The van der Waals surface area contributed by atoms with E-state index in [9.17, 15) is 13.2 Å². The summed E-state index contributed by atoms with van der Waals surface area (Å²) in [4.78, 5) is 17.3. The van der Waals surface area contributed by atoms with Crippen molar-refractivity contribution in [1.29, 1.82) is 0 Å². The van der Waals surface area contributed by atoms with Gasteiger partial charge < -0.3 is 4.90 Å². The number of hydrogen-bond donors (Lipinski definition) is 0. The molecule has 3 aliphatic rings. The fourth-order valence-corrected chi connectivity index (χ4v) is 6.57. The molecule has 7 heteroatoms. The first-order valence-electron chi connectivity index (χ1n) is 11.0. The zero-order chi connectivity index (χ0) is 20.4. The largest absolute Gasteiger partial charge is 0.339 e. The van der Waals surface area contributed by atoms with Gasteiger partial charge in [-0.1, -0.05) is 37.0 Å². The Morgan fingerprint density at radius 1 is 0.931 bits per heavy atom. The van der Waals surface area contributed by atoms with E-state index in [1.54, 1.807) is 12.1 Å². The summed E-state index contributed by atoms with van der Waals surface area (Å²) in [5, 5.41) is 0. The third-order valence-corrected chi connectivity index (χ3v) is 8.90. The van der Waals surface area contributed by atoms with Crippen molar-refractivity contribution in [2.75, 3.05) is 45.8 Å². The molecular formula is C22H33N3O3S. The molecule has 0 aromatic heterocycles. The number of hydrogen-bond acceptors (Lipinski definition) is 4. The van der Waals surface area contributed by atoms with Crippen LogP contribution in [0.3, 0.4) is 0 Å². The minimum absolute atomic E-state index is 0.145. The van der Waals surface area contributed by atoms with Crippen LogP contribution in [0.1, 0.15) is 37.7 Å². The zero-order valence-electron chi connectivity index (χ0n) is 17.4. The number of fused-ring (bicyclic) bond motifs is 1. The Bertz CT molecular complexity index is 816. The van der Waals surface area contributed by atoms with Crippen LogP contribution in [0.5, 0.6) is 0 Å². The number of benzene rings is 1. The standard InChI is InChI=1S/C22H33N3O3S/c1-18-6-8-21(9-7-18)29(27,28)25-14-12-24(13-15-25)22(26)17-23-11-10-19-4-2-3-5-20(19)16-23/h6-9,19-20H,2-5,10-17H2,1H3/t19-,20+/m0/s1. The molecule has 0 radical (unpaired) electrons. The number of piperazine rings is 1. The highest BCUT2D eigenvalue weighted by molar-refractivity contribution is 7.89. The number of amides is 1. The summed E-state index contributed by atoms with van der Waals surface area (Å²) in [5.74, 6) is 1.78. The third-order valence-electron chi connectivity index (χ3n) is 6.98. The molecule has 2 saturated heterocycles. The second kappa shape index (κ2) is 8.74. The van der Waals surface area contributed by atoms with Crippen LogP contribution in [-0.2, 0) is 14.8 Å². The highest BCUT2D eigenvalue weighted by Gasteiger charge is 2.34. The number of carbonyl (C=O) groups is 1. The van der Waals surface area contributed by atoms with Gasteiger partial charge in [0, 0.05) is 32.7 Å². The lowest BCUT2D eigenvalue weighted by Crippen LogP contribution is -2.53. The molecule has 1 saturated carbocycles. The van der Waals surface area contributed by atoms with Crippen LogP contribution in [0.2, 0.25) is 0 Å². The Morgan fingerprint density at radius 2 is 1.59 bits per heavy atom. The van der Waals surface area contributed by atoms with Crippen LogP contribution in [0.4, 0.5) is 0 Å². The lowest BCUT2D eigenvalue weighted by atomic mass is 9.75. The molecule has 1 aromatic rings. The molecule has 0 N–H and O–H groups in total. The van der Waals surface area contributed by atoms with E-state index in [1.807, 2.05) is 24.0 Å². The minimum atomic E-state index is -3.48. The van der Waals surface area contributed by atoms with E-state index in [2.05, 4.69) is 4.90 Å². The van der Waals surface area contributed by atoms with Gasteiger partial charge in [-0.05, 0) is 50.3 Å². The number of sulfonamides is 1. The lowest BCUT2D eigenvalue weighted by molar-refractivity contribution is -0.134. The summed E-state index contributed by atoms with van der Waals surface area (Å²) in [7, 11) is -3.48. The molecular weight excluding hydrogens is 386 g/mol. The quantitative estimate of drug-likeness (QED) is 0.752. The maximum Gasteiger partial charge on any atom is 0.243 e. The molecule has 3 fully saturated rings. The predicted octanol–water partition coefficient (Wildman–Crippen LogP) is 2.34. The van der Waals surface area contributed by atoms with E-state index >= 15 is 0 Å². The van der Waals surface area contributed by atoms with Crippen molar-refractivity contribution in [3.63, 3.8) is 0 Å². The van der Waals surface area contributed by atoms with E-state index in [1.165, 1.54) is 36.4 Å². The molecule has 0 bridgehead atoms. The summed E-state index contributed by atoms with van der Waals surface area (Å²) in [6.45, 7) is 6.19. The molecule has 2 aliphatic heterocycles. The van der Waals surface area contributed by atoms with Gasteiger partial charge in [-0.2, -0.15) is 4.31 Å². The van der Waals surface area contributed by atoms with Gasteiger partial charge in [0.1, 0.15) is 0 Å². The van der Waals surface area contributed by atoms with Crippen LogP contribution in [0.15, 0.2) is 29.2 Å². The van der Waals surface area contributed by atoms with Crippen molar-refractivity contribution in [1.82, 2.24) is 14.1 Å². The van der Waals surface area contributed by atoms with Crippen molar-refractivity contribution in [3.05, 3.63) is 29.8 Å². The van der Waals surface area contributed by atoms with E-state index in [0.29, 0.717) is 37.6 Å². The molecule has 6 nitrogen and oxygen atoms in total. The van der Waals surface area contributed by atoms with Crippen molar-refractivity contribution < 1.29 is 13.2 Å². The fourth-order valence-electron chi connectivity index (χ4n) is 5.15. The van der Waals surface area contributed by atoms with Gasteiger partial charge in [-0.15, -0.1) is 0 Å². The van der Waals surface area contributed by atoms with E-state index in [-0.39, 0.29) is 5.91 Å². The Morgan fingerprint density at radius 3 is 2.28 bits per heavy atom. The van der Waals surface area contributed by atoms with Crippen LogP contribution in [0.25, 0.3) is 0 Å². The van der Waals surface area contributed by atoms with Crippen molar-refractivity contribution in [2.24, 2.45) is 11.8 Å². The van der Waals surface area contributed by atoms with Crippen molar-refractivity contribution in [3.8, 4) is 0 Å². The van der Waals surface area contributed by atoms with Gasteiger partial charge >= 0.3 is 0 Å². The molecule has 1 amide bonds. The molecule has 1 aromatic carbocycles. The number of rotatable bonds is 4. The minimum Gasteiger partial charge on any atom is -0.339 e. The summed E-state index contributed by atoms with van der Waals surface area (Å²) < 4.78 is 27.2. The first-order valence-corrected chi connectivity index (χ1v) is 12.4. The first kappa shape index (κ1) is 20.8. The molecule has 0 unspecified atom stereocenters. The van der Waals surface area contributed by atoms with Crippen LogP contribution >= 0.6 is 0 Å². The Hall–Kier alpha value is -1.44. The number of aryl methyl sites for hydroxylation is 1. The van der Waals surface area contributed by atoms with Crippen LogP contribution < -0.4 is 0 Å². The highest BCUT2D eigenvalue weighted by atomic mass is 32.2. The van der Waals surface area contributed by atoms with Gasteiger partial charge in [-0.3, -0.25) is 9.69 Å². The van der Waals surface area contributed by atoms with Gasteiger partial charge in [0.15, 0.2) is 0 Å². The summed E-state index contributed by atoms with van der Waals surface area (Å²) in [6, 6.07) is 6.97. The Balaban J connectivity index is 1.29. The Labute approximate surface area is 174 Å². The maximum atomic E-state index is 12.8. The number of likely N-dealkylation sites (tertiary alicyclic amines) is 1. The Kier molecular flexibility index (Phi) is 6.27. The second-order valence-electron chi connectivity index (χ2n) is 8.93. The van der Waals surface area contributed by atoms with Crippen molar-refractivity contribution >= 4 is 15.9 Å². The molecule has 1 aliphatic carbocycles. The maximum absolute atomic E-state index is 12.8. The smallest absolute Gasteiger partial charge is 0.243 e.